The molecule has 0 saturated heterocycles. The molecule has 0 heterocycles. The van der Waals surface area contributed by atoms with Gasteiger partial charge in [0.2, 0.25) is 0 Å². The molecule has 6 heteroatoms. The molecule has 0 radical (unpaired) electrons. The molecule has 2 rings (SSSR count). The van der Waals surface area contributed by atoms with Gasteiger partial charge < -0.3 is 4.18 Å². The molecule has 0 aromatic heterocycles. The van der Waals surface area contributed by atoms with Gasteiger partial charge in [0.25, 0.3) is 0 Å². The molecule has 118 valence electrons. The molecule has 1 unspecified atom stereocenters. The lowest BCUT2D eigenvalue weighted by Gasteiger charge is -2.25. The van der Waals surface area contributed by atoms with Crippen molar-refractivity contribution in [3.05, 3.63) is 65.7 Å². The van der Waals surface area contributed by atoms with Crippen LogP contribution in [0.4, 0.5) is 3.89 Å². The summed E-state index contributed by atoms with van der Waals surface area (Å²) in [6.45, 7) is 2.79. The lowest BCUT2D eigenvalue weighted by molar-refractivity contribution is 0.253. The maximum Gasteiger partial charge on any atom is 0.488 e. The third-order valence-corrected chi connectivity index (χ3v) is 3.89. The number of benzene rings is 2. The molecule has 0 amide bonds. The third-order valence-electron chi connectivity index (χ3n) is 3.49. The Morgan fingerprint density at radius 1 is 1.09 bits per heavy atom. The van der Waals surface area contributed by atoms with E-state index in [1.807, 2.05) is 25.2 Å². The number of nitrogens with zero attached hydrogens (tertiary/aromatic N) is 1. The van der Waals surface area contributed by atoms with Gasteiger partial charge in [0.05, 0.1) is 0 Å². The molecule has 0 aliphatic carbocycles. The molecule has 1 atom stereocenters. The highest BCUT2D eigenvalue weighted by atomic mass is 32.3. The number of hydrogen-bond acceptors (Lipinski definition) is 4. The van der Waals surface area contributed by atoms with Gasteiger partial charge in [-0.15, -0.1) is 0 Å². The SMILES string of the molecule is CC(c1ccccc1)N(C)Cc1ccc(OS(=O)(=O)F)cc1. The van der Waals surface area contributed by atoms with Crippen molar-refractivity contribution >= 4 is 10.5 Å². The maximum atomic E-state index is 12.4. The van der Waals surface area contributed by atoms with Gasteiger partial charge in [-0.1, -0.05) is 46.4 Å². The monoisotopic (exact) mass is 323 g/mol. The van der Waals surface area contributed by atoms with Crippen molar-refractivity contribution in [2.75, 3.05) is 7.05 Å². The van der Waals surface area contributed by atoms with Crippen LogP contribution in [0.25, 0.3) is 0 Å². The second-order valence-electron chi connectivity index (χ2n) is 5.12. The molecule has 2 aromatic carbocycles. The number of halogens is 1. The highest BCUT2D eigenvalue weighted by Gasteiger charge is 2.12. The van der Waals surface area contributed by atoms with E-state index < -0.39 is 10.5 Å². The first kappa shape index (κ1) is 16.5. The predicted octanol–water partition coefficient (Wildman–Crippen LogP) is 3.47. The minimum absolute atomic E-state index is 0.0370. The van der Waals surface area contributed by atoms with Crippen molar-refractivity contribution in [2.24, 2.45) is 0 Å². The summed E-state index contributed by atoms with van der Waals surface area (Å²) in [6, 6.07) is 16.7. The minimum atomic E-state index is -4.97. The van der Waals surface area contributed by atoms with Crippen LogP contribution in [0.2, 0.25) is 0 Å². The zero-order chi connectivity index (χ0) is 16.2. The zero-order valence-corrected chi connectivity index (χ0v) is 13.3. The van der Waals surface area contributed by atoms with E-state index in [0.29, 0.717) is 6.54 Å². The molecule has 2 aromatic rings. The van der Waals surface area contributed by atoms with Crippen LogP contribution in [0.5, 0.6) is 5.75 Å². The molecule has 0 spiro atoms. The predicted molar refractivity (Wildman–Crippen MR) is 83.4 cm³/mol. The Morgan fingerprint density at radius 3 is 2.23 bits per heavy atom. The van der Waals surface area contributed by atoms with Gasteiger partial charge in [-0.3, -0.25) is 4.90 Å². The van der Waals surface area contributed by atoms with Crippen molar-refractivity contribution in [1.29, 1.82) is 0 Å². The Kier molecular flexibility index (Phi) is 5.15. The van der Waals surface area contributed by atoms with Crippen LogP contribution in [0.15, 0.2) is 54.6 Å². The van der Waals surface area contributed by atoms with Crippen molar-refractivity contribution in [2.45, 2.75) is 19.5 Å². The zero-order valence-electron chi connectivity index (χ0n) is 12.4. The van der Waals surface area contributed by atoms with Gasteiger partial charge >= 0.3 is 10.5 Å². The van der Waals surface area contributed by atoms with E-state index in [-0.39, 0.29) is 11.8 Å². The summed E-state index contributed by atoms with van der Waals surface area (Å²) >= 11 is 0. The Balaban J connectivity index is 2.01. The first-order valence-electron chi connectivity index (χ1n) is 6.83. The molecule has 4 nitrogen and oxygen atoms in total. The average molecular weight is 323 g/mol. The summed E-state index contributed by atoms with van der Waals surface area (Å²) in [7, 11) is -2.96. The van der Waals surface area contributed by atoms with Crippen LogP contribution in [-0.2, 0) is 17.0 Å². The Hall–Kier alpha value is -1.92. The van der Waals surface area contributed by atoms with E-state index in [4.69, 9.17) is 0 Å². The normalized spacial score (nSPS) is 13.1. The molecular formula is C16H18FNO3S. The van der Waals surface area contributed by atoms with Crippen molar-refractivity contribution in [3.8, 4) is 5.75 Å². The second-order valence-corrected chi connectivity index (χ2v) is 6.08. The van der Waals surface area contributed by atoms with Gasteiger partial charge in [0, 0.05) is 12.6 Å². The summed E-state index contributed by atoms with van der Waals surface area (Å²) in [5, 5.41) is 0. The average Bonchev–Trinajstić information content (AvgIpc) is 2.48. The van der Waals surface area contributed by atoms with Crippen LogP contribution < -0.4 is 4.18 Å². The molecule has 0 aliphatic rings. The lowest BCUT2D eigenvalue weighted by Crippen LogP contribution is -2.21. The largest absolute Gasteiger partial charge is 0.488 e. The summed E-state index contributed by atoms with van der Waals surface area (Å²) in [6.07, 6.45) is 0. The van der Waals surface area contributed by atoms with E-state index in [9.17, 15) is 12.3 Å². The fourth-order valence-electron chi connectivity index (χ4n) is 2.18. The summed E-state index contributed by atoms with van der Waals surface area (Å²) in [5.41, 5.74) is 2.20. The lowest BCUT2D eigenvalue weighted by atomic mass is 10.1. The standard InChI is InChI=1S/C16H18FNO3S/c1-13(15-6-4-3-5-7-15)18(2)12-14-8-10-16(11-9-14)21-22(17,19)20/h3-11,13H,12H2,1-2H3. The van der Waals surface area contributed by atoms with E-state index in [0.717, 1.165) is 5.56 Å². The van der Waals surface area contributed by atoms with Crippen LogP contribution in [0, 0.1) is 0 Å². The van der Waals surface area contributed by atoms with Gasteiger partial charge in [-0.2, -0.15) is 8.42 Å². The summed E-state index contributed by atoms with van der Waals surface area (Å²) < 4.78 is 37.4. The maximum absolute atomic E-state index is 12.4. The molecule has 0 bridgehead atoms. The number of hydrogen-bond donors (Lipinski definition) is 0. The quantitative estimate of drug-likeness (QED) is 0.764. The highest BCUT2D eigenvalue weighted by Crippen LogP contribution is 2.21. The van der Waals surface area contributed by atoms with E-state index in [1.165, 1.54) is 17.7 Å². The molecule has 0 aliphatic heterocycles. The van der Waals surface area contributed by atoms with Crippen LogP contribution in [-0.4, -0.2) is 20.4 Å². The Morgan fingerprint density at radius 2 is 1.68 bits per heavy atom. The molecule has 22 heavy (non-hydrogen) atoms. The van der Waals surface area contributed by atoms with Gasteiger partial charge in [-0.05, 0) is 37.2 Å². The molecule has 0 N–H and O–H groups in total. The Bertz CT molecular complexity index is 702. The fraction of sp³-hybridized carbons (Fsp3) is 0.250. The third kappa shape index (κ3) is 4.82. The first-order valence-corrected chi connectivity index (χ1v) is 8.14. The summed E-state index contributed by atoms with van der Waals surface area (Å²) in [4.78, 5) is 2.16. The van der Waals surface area contributed by atoms with Crippen LogP contribution in [0.3, 0.4) is 0 Å². The van der Waals surface area contributed by atoms with Crippen LogP contribution >= 0.6 is 0 Å². The minimum Gasteiger partial charge on any atom is -0.358 e. The fourth-order valence-corrected chi connectivity index (χ4v) is 2.52. The highest BCUT2D eigenvalue weighted by molar-refractivity contribution is 7.81. The van der Waals surface area contributed by atoms with Crippen molar-refractivity contribution in [3.63, 3.8) is 0 Å². The van der Waals surface area contributed by atoms with Gasteiger partial charge in [0.15, 0.2) is 0 Å². The Labute approximate surface area is 130 Å². The number of rotatable bonds is 6. The summed E-state index contributed by atoms with van der Waals surface area (Å²) in [5.74, 6) is -0.0370. The van der Waals surface area contributed by atoms with Crippen LogP contribution in [0.1, 0.15) is 24.1 Å². The smallest absolute Gasteiger partial charge is 0.358 e. The molecule has 0 saturated carbocycles. The molecule has 0 fully saturated rings. The van der Waals surface area contributed by atoms with Crippen molar-refractivity contribution in [1.82, 2.24) is 4.90 Å². The van der Waals surface area contributed by atoms with E-state index in [1.54, 1.807) is 12.1 Å². The first-order chi connectivity index (χ1) is 10.3. The van der Waals surface area contributed by atoms with E-state index in [2.05, 4.69) is 28.1 Å². The topological polar surface area (TPSA) is 46.6 Å². The van der Waals surface area contributed by atoms with Crippen molar-refractivity contribution < 1.29 is 16.5 Å². The van der Waals surface area contributed by atoms with Gasteiger partial charge in [0.1, 0.15) is 5.75 Å². The van der Waals surface area contributed by atoms with E-state index >= 15 is 0 Å². The van der Waals surface area contributed by atoms with Gasteiger partial charge in [-0.25, -0.2) is 0 Å². The molecular weight excluding hydrogens is 305 g/mol. The second kappa shape index (κ2) is 6.89.